The number of anilines is 1. The molecule has 1 aromatic heterocycles. The topological polar surface area (TPSA) is 85.9 Å². The molecule has 1 heterocycles. The van der Waals surface area contributed by atoms with Crippen LogP contribution in [0.25, 0.3) is 0 Å². The number of benzene rings is 1. The molecule has 2 aromatic rings. The molecule has 0 aliphatic rings. The predicted molar refractivity (Wildman–Crippen MR) is 52.1 cm³/mol. The van der Waals surface area contributed by atoms with E-state index in [4.69, 9.17) is 0 Å². The largest absolute Gasteiger partial charge is 0.292 e. The monoisotopic (exact) mass is 205 g/mol. The first-order valence-electron chi connectivity index (χ1n) is 4.12. The minimum absolute atomic E-state index is 0.0595. The first-order chi connectivity index (χ1) is 7.25. The minimum atomic E-state index is -0.442. The van der Waals surface area contributed by atoms with Crippen molar-refractivity contribution in [1.29, 1.82) is 0 Å². The molecular formula is C8H7N5O2. The van der Waals surface area contributed by atoms with Gasteiger partial charge in [-0.05, 0) is 12.1 Å². The van der Waals surface area contributed by atoms with Gasteiger partial charge in [-0.3, -0.25) is 15.5 Å². The Hall–Kier alpha value is -2.44. The summed E-state index contributed by atoms with van der Waals surface area (Å²) in [5, 5.41) is 17.6. The van der Waals surface area contributed by atoms with Crippen LogP contribution < -0.4 is 5.43 Å². The molecule has 0 amide bonds. The van der Waals surface area contributed by atoms with Gasteiger partial charge in [0.2, 0.25) is 0 Å². The number of aromatic nitrogens is 3. The van der Waals surface area contributed by atoms with Gasteiger partial charge in [0, 0.05) is 12.1 Å². The third-order valence-electron chi connectivity index (χ3n) is 1.76. The summed E-state index contributed by atoms with van der Waals surface area (Å²) in [7, 11) is 0. The molecule has 0 unspecified atom stereocenters. The van der Waals surface area contributed by atoms with E-state index in [0.29, 0.717) is 0 Å². The molecule has 1 N–H and O–H groups in total. The highest BCUT2D eigenvalue weighted by Crippen LogP contribution is 2.15. The van der Waals surface area contributed by atoms with Gasteiger partial charge in [-0.2, -0.15) is 0 Å². The normalized spacial score (nSPS) is 9.87. The van der Waals surface area contributed by atoms with Crippen molar-refractivity contribution >= 4 is 11.4 Å². The first kappa shape index (κ1) is 9.13. The maximum atomic E-state index is 10.4. The summed E-state index contributed by atoms with van der Waals surface area (Å²) in [6.07, 6.45) is 2.98. The Balaban J connectivity index is 2.14. The molecule has 0 aliphatic carbocycles. The summed E-state index contributed by atoms with van der Waals surface area (Å²) in [6, 6.07) is 6.07. The van der Waals surface area contributed by atoms with E-state index < -0.39 is 4.92 Å². The Labute approximate surface area is 84.5 Å². The second-order valence-corrected chi connectivity index (χ2v) is 2.78. The zero-order valence-electron chi connectivity index (χ0n) is 7.57. The van der Waals surface area contributed by atoms with Gasteiger partial charge in [0.05, 0.1) is 10.6 Å². The fraction of sp³-hybridized carbons (Fsp3) is 0. The van der Waals surface area contributed by atoms with Crippen LogP contribution in [0.15, 0.2) is 36.9 Å². The average molecular weight is 205 g/mol. The highest BCUT2D eigenvalue weighted by Gasteiger charge is 2.03. The van der Waals surface area contributed by atoms with Gasteiger partial charge in [-0.25, -0.2) is 4.68 Å². The van der Waals surface area contributed by atoms with Crippen molar-refractivity contribution in [2.24, 2.45) is 0 Å². The van der Waals surface area contributed by atoms with E-state index in [1.54, 1.807) is 16.8 Å². The lowest BCUT2D eigenvalue weighted by Crippen LogP contribution is -2.05. The van der Waals surface area contributed by atoms with E-state index in [2.05, 4.69) is 15.6 Å². The lowest BCUT2D eigenvalue weighted by atomic mass is 10.3. The predicted octanol–water partition coefficient (Wildman–Crippen LogP) is 1.06. The molecule has 1 aromatic carbocycles. The van der Waals surface area contributed by atoms with Crippen molar-refractivity contribution in [3.8, 4) is 0 Å². The molecule has 76 valence electrons. The second kappa shape index (κ2) is 3.74. The maximum absolute atomic E-state index is 10.4. The zero-order valence-corrected chi connectivity index (χ0v) is 7.57. The third kappa shape index (κ3) is 2.08. The lowest BCUT2D eigenvalue weighted by Gasteiger charge is -2.04. The fourth-order valence-electron chi connectivity index (χ4n) is 1.07. The van der Waals surface area contributed by atoms with Gasteiger partial charge in [-0.1, -0.05) is 0 Å². The number of nitro benzene ring substituents is 1. The van der Waals surface area contributed by atoms with Crippen molar-refractivity contribution in [1.82, 2.24) is 14.9 Å². The van der Waals surface area contributed by atoms with Crippen molar-refractivity contribution < 1.29 is 4.92 Å². The van der Waals surface area contributed by atoms with Crippen molar-refractivity contribution in [3.63, 3.8) is 0 Å². The number of non-ortho nitro benzene ring substituents is 1. The molecule has 0 saturated heterocycles. The van der Waals surface area contributed by atoms with Crippen LogP contribution in [-0.4, -0.2) is 19.8 Å². The molecule has 7 nitrogen and oxygen atoms in total. The number of nitro groups is 1. The molecule has 0 radical (unpaired) electrons. The van der Waals surface area contributed by atoms with Crippen LogP contribution >= 0.6 is 0 Å². The van der Waals surface area contributed by atoms with Gasteiger partial charge in [0.25, 0.3) is 5.69 Å². The smallest absolute Gasteiger partial charge is 0.269 e. The molecule has 7 heteroatoms. The van der Waals surface area contributed by atoms with E-state index in [0.717, 1.165) is 5.69 Å². The summed E-state index contributed by atoms with van der Waals surface area (Å²) in [6.45, 7) is 0. The quantitative estimate of drug-likeness (QED) is 0.598. The summed E-state index contributed by atoms with van der Waals surface area (Å²) < 4.78 is 1.54. The molecule has 2 rings (SSSR count). The van der Waals surface area contributed by atoms with Gasteiger partial charge in [-0.15, -0.1) is 10.2 Å². The molecular weight excluding hydrogens is 198 g/mol. The van der Waals surface area contributed by atoms with Crippen LogP contribution in [0.3, 0.4) is 0 Å². The van der Waals surface area contributed by atoms with Gasteiger partial charge >= 0.3 is 0 Å². The van der Waals surface area contributed by atoms with Crippen LogP contribution in [0.4, 0.5) is 11.4 Å². The van der Waals surface area contributed by atoms with Crippen molar-refractivity contribution in [3.05, 3.63) is 47.0 Å². The average Bonchev–Trinajstić information content (AvgIpc) is 2.71. The Kier molecular flexibility index (Phi) is 2.28. The van der Waals surface area contributed by atoms with Crippen LogP contribution in [0.5, 0.6) is 0 Å². The Morgan fingerprint density at radius 2 is 1.80 bits per heavy atom. The first-order valence-corrected chi connectivity index (χ1v) is 4.12. The number of hydrogen-bond acceptors (Lipinski definition) is 5. The SMILES string of the molecule is O=[N+]([O-])c1ccc(Nn2cnnc2)cc1. The van der Waals surface area contributed by atoms with Gasteiger partial charge < -0.3 is 0 Å². The Morgan fingerprint density at radius 1 is 1.20 bits per heavy atom. The standard InChI is InChI=1S/C8H7N5O2/c14-13(15)8-3-1-7(2-4-8)11-12-5-9-10-6-12/h1-6,11H. The summed E-state index contributed by atoms with van der Waals surface area (Å²) in [5.41, 5.74) is 3.70. The highest BCUT2D eigenvalue weighted by atomic mass is 16.6. The van der Waals surface area contributed by atoms with Crippen LogP contribution in [0, 0.1) is 10.1 Å². The molecule has 0 spiro atoms. The molecule has 15 heavy (non-hydrogen) atoms. The zero-order chi connectivity index (χ0) is 10.7. The number of hydrogen-bond donors (Lipinski definition) is 1. The van der Waals surface area contributed by atoms with Crippen molar-refractivity contribution in [2.45, 2.75) is 0 Å². The molecule has 0 saturated carbocycles. The highest BCUT2D eigenvalue weighted by molar-refractivity contribution is 5.48. The fourth-order valence-corrected chi connectivity index (χ4v) is 1.07. The molecule has 0 bridgehead atoms. The Morgan fingerprint density at radius 3 is 2.33 bits per heavy atom. The number of nitrogens with one attached hydrogen (secondary N) is 1. The van der Waals surface area contributed by atoms with E-state index in [-0.39, 0.29) is 5.69 Å². The summed E-state index contributed by atoms with van der Waals surface area (Å²) in [4.78, 5) is 9.95. The van der Waals surface area contributed by atoms with Crippen LogP contribution in [0.2, 0.25) is 0 Å². The van der Waals surface area contributed by atoms with E-state index in [1.807, 2.05) is 0 Å². The van der Waals surface area contributed by atoms with E-state index >= 15 is 0 Å². The molecule has 0 atom stereocenters. The van der Waals surface area contributed by atoms with Gasteiger partial charge in [0.15, 0.2) is 0 Å². The van der Waals surface area contributed by atoms with Gasteiger partial charge in [0.1, 0.15) is 12.7 Å². The number of rotatable bonds is 3. The number of nitrogens with zero attached hydrogens (tertiary/aromatic N) is 4. The Bertz CT molecular complexity index is 450. The lowest BCUT2D eigenvalue weighted by molar-refractivity contribution is -0.384. The summed E-state index contributed by atoms with van der Waals surface area (Å²) in [5.74, 6) is 0. The molecule has 0 fully saturated rings. The van der Waals surface area contributed by atoms with E-state index in [1.165, 1.54) is 24.8 Å². The van der Waals surface area contributed by atoms with Crippen LogP contribution in [0.1, 0.15) is 0 Å². The van der Waals surface area contributed by atoms with E-state index in [9.17, 15) is 10.1 Å². The van der Waals surface area contributed by atoms with Crippen molar-refractivity contribution in [2.75, 3.05) is 5.43 Å². The van der Waals surface area contributed by atoms with Crippen LogP contribution in [-0.2, 0) is 0 Å². The third-order valence-corrected chi connectivity index (χ3v) is 1.76. The minimum Gasteiger partial charge on any atom is -0.292 e. The molecule has 0 aliphatic heterocycles. The second-order valence-electron chi connectivity index (χ2n) is 2.78. The maximum Gasteiger partial charge on any atom is 0.269 e. The summed E-state index contributed by atoms with van der Waals surface area (Å²) >= 11 is 0.